The van der Waals surface area contributed by atoms with E-state index in [0.29, 0.717) is 0 Å². The van der Waals surface area contributed by atoms with Crippen molar-refractivity contribution in [3.63, 3.8) is 0 Å². The van der Waals surface area contributed by atoms with Crippen molar-refractivity contribution in [1.82, 2.24) is 5.32 Å². The minimum atomic E-state index is 0.751. The SMILES string of the molecule is CNC1CSCC1CCCc1ccccc1. The fourth-order valence-corrected chi connectivity index (χ4v) is 3.95. The van der Waals surface area contributed by atoms with Crippen LogP contribution in [0.5, 0.6) is 0 Å². The van der Waals surface area contributed by atoms with Crippen molar-refractivity contribution in [2.24, 2.45) is 5.92 Å². The lowest BCUT2D eigenvalue weighted by Gasteiger charge is -2.17. The monoisotopic (exact) mass is 235 g/mol. The van der Waals surface area contributed by atoms with E-state index < -0.39 is 0 Å². The molecule has 0 aliphatic carbocycles. The summed E-state index contributed by atoms with van der Waals surface area (Å²) in [6.07, 6.45) is 3.93. The molecular formula is C14H21NS. The van der Waals surface area contributed by atoms with Crippen LogP contribution in [-0.4, -0.2) is 24.6 Å². The highest BCUT2D eigenvalue weighted by Crippen LogP contribution is 2.28. The Labute approximate surface area is 103 Å². The van der Waals surface area contributed by atoms with Gasteiger partial charge >= 0.3 is 0 Å². The number of nitrogens with one attached hydrogen (secondary N) is 1. The van der Waals surface area contributed by atoms with Gasteiger partial charge in [0.25, 0.3) is 0 Å². The van der Waals surface area contributed by atoms with Crippen LogP contribution in [-0.2, 0) is 6.42 Å². The number of aryl methyl sites for hydroxylation is 1. The first-order chi connectivity index (χ1) is 7.90. The molecule has 2 heteroatoms. The first-order valence-electron chi connectivity index (χ1n) is 6.19. The second-order valence-electron chi connectivity index (χ2n) is 4.57. The van der Waals surface area contributed by atoms with Crippen molar-refractivity contribution >= 4 is 11.8 Å². The Kier molecular flexibility index (Phi) is 4.73. The van der Waals surface area contributed by atoms with Crippen LogP contribution in [0, 0.1) is 5.92 Å². The van der Waals surface area contributed by atoms with Crippen LogP contribution in [0.4, 0.5) is 0 Å². The van der Waals surface area contributed by atoms with Crippen LogP contribution in [0.2, 0.25) is 0 Å². The van der Waals surface area contributed by atoms with Gasteiger partial charge in [-0.3, -0.25) is 0 Å². The van der Waals surface area contributed by atoms with E-state index in [1.807, 2.05) is 0 Å². The zero-order valence-electron chi connectivity index (χ0n) is 9.99. The molecule has 1 N–H and O–H groups in total. The summed E-state index contributed by atoms with van der Waals surface area (Å²) in [5.41, 5.74) is 1.48. The van der Waals surface area contributed by atoms with Crippen LogP contribution in [0.3, 0.4) is 0 Å². The summed E-state index contributed by atoms with van der Waals surface area (Å²) < 4.78 is 0. The summed E-state index contributed by atoms with van der Waals surface area (Å²) in [6, 6.07) is 11.6. The summed E-state index contributed by atoms with van der Waals surface area (Å²) in [5, 5.41) is 3.44. The largest absolute Gasteiger partial charge is 0.316 e. The summed E-state index contributed by atoms with van der Waals surface area (Å²) in [6.45, 7) is 0. The van der Waals surface area contributed by atoms with Crippen molar-refractivity contribution < 1.29 is 0 Å². The van der Waals surface area contributed by atoms with E-state index in [2.05, 4.69) is 54.5 Å². The fraction of sp³-hybridized carbons (Fsp3) is 0.571. The highest BCUT2D eigenvalue weighted by Gasteiger charge is 2.25. The van der Waals surface area contributed by atoms with E-state index >= 15 is 0 Å². The zero-order valence-corrected chi connectivity index (χ0v) is 10.8. The van der Waals surface area contributed by atoms with E-state index in [0.717, 1.165) is 12.0 Å². The zero-order chi connectivity index (χ0) is 11.2. The molecule has 0 spiro atoms. The normalized spacial score (nSPS) is 24.8. The number of hydrogen-bond acceptors (Lipinski definition) is 2. The van der Waals surface area contributed by atoms with Gasteiger partial charge < -0.3 is 5.32 Å². The number of hydrogen-bond donors (Lipinski definition) is 1. The van der Waals surface area contributed by atoms with E-state index in [-0.39, 0.29) is 0 Å². The maximum absolute atomic E-state index is 3.44. The van der Waals surface area contributed by atoms with Gasteiger partial charge in [-0.1, -0.05) is 30.3 Å². The standard InChI is InChI=1S/C14H21NS/c1-15-14-11-16-10-13(14)9-5-8-12-6-3-2-4-7-12/h2-4,6-7,13-15H,5,8-11H2,1H3. The van der Waals surface area contributed by atoms with E-state index in [9.17, 15) is 0 Å². The lowest BCUT2D eigenvalue weighted by atomic mass is 9.95. The van der Waals surface area contributed by atoms with E-state index in [1.54, 1.807) is 0 Å². The number of rotatable bonds is 5. The number of thioether (sulfide) groups is 1. The predicted molar refractivity (Wildman–Crippen MR) is 73.0 cm³/mol. The van der Waals surface area contributed by atoms with Gasteiger partial charge in [0, 0.05) is 11.8 Å². The average Bonchev–Trinajstić information content (AvgIpc) is 2.78. The first-order valence-corrected chi connectivity index (χ1v) is 7.34. The van der Waals surface area contributed by atoms with Gasteiger partial charge in [-0.05, 0) is 43.5 Å². The molecule has 0 radical (unpaired) electrons. The Morgan fingerprint density at radius 2 is 2.06 bits per heavy atom. The van der Waals surface area contributed by atoms with Gasteiger partial charge in [0.1, 0.15) is 0 Å². The maximum Gasteiger partial charge on any atom is 0.0191 e. The molecule has 1 aromatic carbocycles. The Morgan fingerprint density at radius 3 is 2.81 bits per heavy atom. The molecule has 1 aliphatic heterocycles. The highest BCUT2D eigenvalue weighted by molar-refractivity contribution is 7.99. The summed E-state index contributed by atoms with van der Waals surface area (Å²) >= 11 is 2.10. The lowest BCUT2D eigenvalue weighted by molar-refractivity contribution is 0.418. The van der Waals surface area contributed by atoms with Crippen molar-refractivity contribution in [3.8, 4) is 0 Å². The third-order valence-corrected chi connectivity index (χ3v) is 4.71. The molecular weight excluding hydrogens is 214 g/mol. The quantitative estimate of drug-likeness (QED) is 0.842. The van der Waals surface area contributed by atoms with E-state index in [1.165, 1.54) is 36.3 Å². The molecule has 16 heavy (non-hydrogen) atoms. The van der Waals surface area contributed by atoms with Crippen molar-refractivity contribution in [2.75, 3.05) is 18.6 Å². The van der Waals surface area contributed by atoms with Crippen molar-refractivity contribution in [3.05, 3.63) is 35.9 Å². The van der Waals surface area contributed by atoms with Crippen LogP contribution in [0.25, 0.3) is 0 Å². The van der Waals surface area contributed by atoms with Crippen molar-refractivity contribution in [2.45, 2.75) is 25.3 Å². The molecule has 0 amide bonds. The second kappa shape index (κ2) is 6.31. The van der Waals surface area contributed by atoms with Gasteiger partial charge in [0.05, 0.1) is 0 Å². The Balaban J connectivity index is 1.72. The van der Waals surface area contributed by atoms with Crippen LogP contribution >= 0.6 is 11.8 Å². The third-order valence-electron chi connectivity index (χ3n) is 3.45. The molecule has 0 bridgehead atoms. The average molecular weight is 235 g/mol. The molecule has 1 fully saturated rings. The fourth-order valence-electron chi connectivity index (χ4n) is 2.42. The highest BCUT2D eigenvalue weighted by atomic mass is 32.2. The molecule has 1 aliphatic rings. The number of benzene rings is 1. The summed E-state index contributed by atoms with van der Waals surface area (Å²) in [7, 11) is 2.10. The molecule has 2 rings (SSSR count). The molecule has 88 valence electrons. The minimum absolute atomic E-state index is 0.751. The minimum Gasteiger partial charge on any atom is -0.316 e. The molecule has 1 saturated heterocycles. The molecule has 2 unspecified atom stereocenters. The first kappa shape index (κ1) is 12.0. The molecule has 1 heterocycles. The van der Waals surface area contributed by atoms with Gasteiger partial charge in [0.15, 0.2) is 0 Å². The molecule has 0 saturated carbocycles. The van der Waals surface area contributed by atoms with Gasteiger partial charge in [-0.2, -0.15) is 11.8 Å². The Hall–Kier alpha value is -0.470. The summed E-state index contributed by atoms with van der Waals surface area (Å²) in [4.78, 5) is 0. The topological polar surface area (TPSA) is 12.0 Å². The van der Waals surface area contributed by atoms with E-state index in [4.69, 9.17) is 0 Å². The van der Waals surface area contributed by atoms with Gasteiger partial charge in [-0.25, -0.2) is 0 Å². The third kappa shape index (κ3) is 3.26. The van der Waals surface area contributed by atoms with Crippen LogP contribution in [0.15, 0.2) is 30.3 Å². The maximum atomic E-state index is 3.44. The molecule has 1 aromatic rings. The smallest absolute Gasteiger partial charge is 0.0191 e. The van der Waals surface area contributed by atoms with Gasteiger partial charge in [0.2, 0.25) is 0 Å². The van der Waals surface area contributed by atoms with Crippen LogP contribution in [0.1, 0.15) is 18.4 Å². The molecule has 0 aromatic heterocycles. The van der Waals surface area contributed by atoms with Gasteiger partial charge in [-0.15, -0.1) is 0 Å². The summed E-state index contributed by atoms with van der Waals surface area (Å²) in [5.74, 6) is 3.53. The second-order valence-corrected chi connectivity index (χ2v) is 5.65. The Morgan fingerprint density at radius 1 is 1.25 bits per heavy atom. The van der Waals surface area contributed by atoms with Crippen LogP contribution < -0.4 is 5.32 Å². The predicted octanol–water partition coefficient (Wildman–Crippen LogP) is 2.96. The molecule has 1 nitrogen and oxygen atoms in total. The molecule has 2 atom stereocenters. The lowest BCUT2D eigenvalue weighted by Crippen LogP contribution is -2.32. The Bertz CT molecular complexity index is 299. The van der Waals surface area contributed by atoms with Crippen molar-refractivity contribution in [1.29, 1.82) is 0 Å².